The molecule has 1 saturated heterocycles. The Bertz CT molecular complexity index is 277. The predicted molar refractivity (Wildman–Crippen MR) is 79.8 cm³/mol. The molecule has 0 saturated carbocycles. The van der Waals surface area contributed by atoms with E-state index in [9.17, 15) is 0 Å². The van der Waals surface area contributed by atoms with Crippen LogP contribution in [0.2, 0.25) is 6.32 Å². The summed E-state index contributed by atoms with van der Waals surface area (Å²) in [6.07, 6.45) is 2.21. The quantitative estimate of drug-likeness (QED) is 0.764. The maximum Gasteiger partial charge on any atom is 0.428 e. The van der Waals surface area contributed by atoms with E-state index >= 15 is 0 Å². The Morgan fingerprint density at radius 1 is 1.11 bits per heavy atom. The molecule has 0 unspecified atom stereocenters. The van der Waals surface area contributed by atoms with Crippen molar-refractivity contribution >= 4 is 13.7 Å². The first-order chi connectivity index (χ1) is 8.04. The van der Waals surface area contributed by atoms with Gasteiger partial charge in [0.1, 0.15) is 0 Å². The van der Waals surface area contributed by atoms with E-state index in [1.54, 1.807) is 0 Å². The van der Waals surface area contributed by atoms with Gasteiger partial charge in [0.15, 0.2) is 0 Å². The topological polar surface area (TPSA) is 30.5 Å². The molecule has 0 spiro atoms. The van der Waals surface area contributed by atoms with Crippen LogP contribution in [0, 0.1) is 5.41 Å². The number of hydrogen-bond donors (Lipinski definition) is 1. The van der Waals surface area contributed by atoms with E-state index in [4.69, 9.17) is 9.31 Å². The van der Waals surface area contributed by atoms with E-state index in [1.165, 1.54) is 0 Å². The van der Waals surface area contributed by atoms with Crippen molar-refractivity contribution in [1.29, 1.82) is 0 Å². The molecule has 0 bridgehead atoms. The van der Waals surface area contributed by atoms with Crippen LogP contribution in [0.15, 0.2) is 0 Å². The molecule has 0 amide bonds. The molecule has 0 atom stereocenters. The first-order valence-corrected chi connectivity index (χ1v) is 7.07. The third-order valence-electron chi connectivity index (χ3n) is 4.70. The number of rotatable bonds is 5. The van der Waals surface area contributed by atoms with Crippen molar-refractivity contribution in [2.45, 2.75) is 72.4 Å². The molecule has 1 heterocycles. The molecule has 0 aromatic heterocycles. The minimum absolute atomic E-state index is 0.161. The molecule has 1 fully saturated rings. The summed E-state index contributed by atoms with van der Waals surface area (Å²) in [4.78, 5) is 0. The highest BCUT2D eigenvalue weighted by Crippen LogP contribution is 2.38. The van der Waals surface area contributed by atoms with Gasteiger partial charge in [-0.2, -0.15) is 0 Å². The largest absolute Gasteiger partial charge is 0.428 e. The first kappa shape index (κ1) is 16.1. The van der Waals surface area contributed by atoms with Crippen molar-refractivity contribution in [1.82, 2.24) is 5.23 Å². The fraction of sp³-hybridized carbons (Fsp3) is 1.00. The van der Waals surface area contributed by atoms with E-state index in [0.29, 0.717) is 5.41 Å². The third-order valence-corrected chi connectivity index (χ3v) is 4.70. The van der Waals surface area contributed by atoms with Gasteiger partial charge in [-0.15, -0.1) is 0 Å². The number of nitrogens with one attached hydrogen (secondary N) is 1. The molecule has 5 heteroatoms. The predicted octanol–water partition coefficient (Wildman–Crippen LogP) is 2.80. The van der Waals surface area contributed by atoms with Gasteiger partial charge in [0, 0.05) is 0 Å². The van der Waals surface area contributed by atoms with Crippen LogP contribution in [0.3, 0.4) is 0 Å². The minimum Gasteiger partial charge on any atom is -0.408 e. The lowest BCUT2D eigenvalue weighted by atomic mass is 9.28. The normalized spacial score (nSPS) is 22.3. The van der Waals surface area contributed by atoms with Gasteiger partial charge in [-0.3, -0.25) is 0 Å². The second-order valence-electron chi connectivity index (χ2n) is 7.24. The molecule has 1 aliphatic rings. The zero-order valence-electron chi connectivity index (χ0n) is 13.4. The standard InChI is InChI=1S/C13H29B2NO2/c1-9-11(2,3)10-14(16-8)15-17-12(4,5)13(6,7)18-15/h16H,9-10H2,1-8H3. The van der Waals surface area contributed by atoms with E-state index in [2.05, 4.69) is 53.7 Å². The molecule has 1 rings (SSSR count). The average molecular weight is 253 g/mol. The van der Waals surface area contributed by atoms with Crippen LogP contribution in [0.4, 0.5) is 0 Å². The minimum atomic E-state index is -0.247. The Morgan fingerprint density at radius 3 is 1.89 bits per heavy atom. The van der Waals surface area contributed by atoms with Crippen LogP contribution in [-0.2, 0) is 9.31 Å². The van der Waals surface area contributed by atoms with Gasteiger partial charge >= 0.3 is 7.01 Å². The number of hydrogen-bond acceptors (Lipinski definition) is 3. The van der Waals surface area contributed by atoms with Gasteiger partial charge in [-0.25, -0.2) is 0 Å². The van der Waals surface area contributed by atoms with Gasteiger partial charge in [-0.05, 0) is 40.2 Å². The molecule has 18 heavy (non-hydrogen) atoms. The fourth-order valence-corrected chi connectivity index (χ4v) is 2.13. The second-order valence-corrected chi connectivity index (χ2v) is 7.24. The van der Waals surface area contributed by atoms with Crippen LogP contribution >= 0.6 is 0 Å². The molecule has 3 nitrogen and oxygen atoms in total. The monoisotopic (exact) mass is 253 g/mol. The van der Waals surface area contributed by atoms with Crippen LogP contribution in [0.25, 0.3) is 0 Å². The van der Waals surface area contributed by atoms with E-state index in [0.717, 1.165) is 12.7 Å². The summed E-state index contributed by atoms with van der Waals surface area (Å²) in [5, 5.41) is 3.36. The van der Waals surface area contributed by atoms with E-state index < -0.39 is 0 Å². The summed E-state index contributed by atoms with van der Waals surface area (Å²) >= 11 is 0. The highest BCUT2D eigenvalue weighted by atomic mass is 16.7. The van der Waals surface area contributed by atoms with Crippen molar-refractivity contribution in [3.05, 3.63) is 0 Å². The van der Waals surface area contributed by atoms with Crippen molar-refractivity contribution in [3.8, 4) is 0 Å². The van der Waals surface area contributed by atoms with Crippen molar-refractivity contribution in [2.24, 2.45) is 5.41 Å². The maximum absolute atomic E-state index is 6.12. The van der Waals surface area contributed by atoms with Gasteiger partial charge in [-0.1, -0.05) is 33.5 Å². The molecular weight excluding hydrogens is 224 g/mol. The summed E-state index contributed by atoms with van der Waals surface area (Å²) in [6.45, 7) is 15.5. The lowest BCUT2D eigenvalue weighted by Gasteiger charge is -2.32. The van der Waals surface area contributed by atoms with Gasteiger partial charge in [0.2, 0.25) is 0 Å². The summed E-state index contributed by atoms with van der Waals surface area (Å²) in [5.41, 5.74) is -0.191. The first-order valence-electron chi connectivity index (χ1n) is 7.07. The smallest absolute Gasteiger partial charge is 0.408 e. The summed E-state index contributed by atoms with van der Waals surface area (Å²) in [7, 11) is 1.83. The van der Waals surface area contributed by atoms with Crippen LogP contribution in [-0.4, -0.2) is 32.0 Å². The Hall–Kier alpha value is 0.00987. The SMILES string of the molecule is CCC(C)(C)CB(NC)B1OC(C)(C)C(C)(C)O1. The van der Waals surface area contributed by atoms with Gasteiger partial charge < -0.3 is 14.5 Å². The molecule has 104 valence electrons. The van der Waals surface area contributed by atoms with Crippen LogP contribution in [0.5, 0.6) is 0 Å². The van der Waals surface area contributed by atoms with E-state index in [1.807, 2.05) is 7.05 Å². The Balaban J connectivity index is 2.75. The average Bonchev–Trinajstić information content (AvgIpc) is 2.45. The highest BCUT2D eigenvalue weighted by Gasteiger charge is 2.54. The van der Waals surface area contributed by atoms with Crippen molar-refractivity contribution in [2.75, 3.05) is 7.05 Å². The maximum atomic E-state index is 6.12. The second kappa shape index (κ2) is 5.18. The van der Waals surface area contributed by atoms with Crippen molar-refractivity contribution < 1.29 is 9.31 Å². The fourth-order valence-electron chi connectivity index (χ4n) is 2.13. The Morgan fingerprint density at radius 2 is 1.56 bits per heavy atom. The highest BCUT2D eigenvalue weighted by molar-refractivity contribution is 7.16. The molecule has 0 radical (unpaired) electrons. The molecule has 1 aliphatic heterocycles. The molecule has 0 aliphatic carbocycles. The zero-order chi connectivity index (χ0) is 14.2. The lowest BCUT2D eigenvalue weighted by Crippen LogP contribution is -2.50. The summed E-state index contributed by atoms with van der Waals surface area (Å²) < 4.78 is 12.2. The third kappa shape index (κ3) is 3.31. The summed E-state index contributed by atoms with van der Waals surface area (Å²) in [6, 6.07) is 0. The van der Waals surface area contributed by atoms with E-state index in [-0.39, 0.29) is 24.9 Å². The Kier molecular flexibility index (Phi) is 4.62. The summed E-state index contributed by atoms with van der Waals surface area (Å²) in [5.74, 6) is 0. The van der Waals surface area contributed by atoms with Crippen molar-refractivity contribution in [3.63, 3.8) is 0 Å². The molecular formula is C13H29B2NO2. The molecule has 0 aromatic rings. The molecule has 1 N–H and O–H groups in total. The van der Waals surface area contributed by atoms with Crippen LogP contribution in [0.1, 0.15) is 54.9 Å². The van der Waals surface area contributed by atoms with Gasteiger partial charge in [0.25, 0.3) is 6.74 Å². The van der Waals surface area contributed by atoms with Gasteiger partial charge in [0.05, 0.1) is 11.2 Å². The lowest BCUT2D eigenvalue weighted by molar-refractivity contribution is 0.00578. The Labute approximate surface area is 114 Å². The zero-order valence-corrected chi connectivity index (χ0v) is 13.4. The van der Waals surface area contributed by atoms with Crippen LogP contribution < -0.4 is 5.23 Å². The molecule has 0 aromatic carbocycles.